The van der Waals surface area contributed by atoms with Crippen molar-refractivity contribution in [3.8, 4) is 10.7 Å². The highest BCUT2D eigenvalue weighted by atomic mass is 32.1. The maximum atomic E-state index is 12.6. The number of aryl methyl sites for hydroxylation is 2. The van der Waals surface area contributed by atoms with Crippen LogP contribution in [0.15, 0.2) is 40.5 Å². The smallest absolute Gasteiger partial charge is 0.255 e. The van der Waals surface area contributed by atoms with E-state index in [0.717, 1.165) is 35.6 Å². The van der Waals surface area contributed by atoms with Gasteiger partial charge in [-0.2, -0.15) is 0 Å². The maximum absolute atomic E-state index is 12.6. The minimum atomic E-state index is -0.000867. The monoisotopic (exact) mass is 351 g/mol. The number of thiophene rings is 1. The number of benzene rings is 1. The largest absolute Gasteiger partial charge is 0.306 e. The van der Waals surface area contributed by atoms with Gasteiger partial charge >= 0.3 is 0 Å². The molecular weight excluding hydrogens is 330 g/mol. The Kier molecular flexibility index (Phi) is 4.27. The molecule has 4 rings (SSSR count). The molecule has 0 saturated heterocycles. The summed E-state index contributed by atoms with van der Waals surface area (Å²) in [5.41, 5.74) is 5.68. The summed E-state index contributed by atoms with van der Waals surface area (Å²) in [6.07, 6.45) is 0.822. The molecule has 25 heavy (non-hydrogen) atoms. The number of hydrogen-bond acceptors (Lipinski definition) is 4. The lowest BCUT2D eigenvalue weighted by atomic mass is 10.0. The molecule has 0 unspecified atom stereocenters. The third-order valence-electron chi connectivity index (χ3n) is 4.80. The summed E-state index contributed by atoms with van der Waals surface area (Å²) < 4.78 is 0. The van der Waals surface area contributed by atoms with Gasteiger partial charge < -0.3 is 4.98 Å². The maximum Gasteiger partial charge on any atom is 0.255 e. The fourth-order valence-electron chi connectivity index (χ4n) is 3.36. The molecule has 0 atom stereocenters. The first-order chi connectivity index (χ1) is 12.1. The van der Waals surface area contributed by atoms with Gasteiger partial charge in [-0.05, 0) is 36.4 Å². The summed E-state index contributed by atoms with van der Waals surface area (Å²) in [6, 6.07) is 10.5. The second-order valence-electron chi connectivity index (χ2n) is 6.71. The van der Waals surface area contributed by atoms with Crippen LogP contribution in [-0.4, -0.2) is 21.4 Å². The Balaban J connectivity index is 1.59. The van der Waals surface area contributed by atoms with Crippen molar-refractivity contribution in [1.29, 1.82) is 0 Å². The van der Waals surface area contributed by atoms with Crippen LogP contribution in [-0.2, 0) is 19.5 Å². The molecule has 0 bridgehead atoms. The van der Waals surface area contributed by atoms with E-state index in [4.69, 9.17) is 4.98 Å². The van der Waals surface area contributed by atoms with Crippen LogP contribution in [0.1, 0.15) is 27.9 Å². The first kappa shape index (κ1) is 16.2. The van der Waals surface area contributed by atoms with Crippen LogP contribution in [0.4, 0.5) is 0 Å². The van der Waals surface area contributed by atoms with Crippen molar-refractivity contribution in [3.63, 3.8) is 0 Å². The zero-order valence-corrected chi connectivity index (χ0v) is 15.3. The van der Waals surface area contributed by atoms with E-state index in [9.17, 15) is 4.79 Å². The fourth-order valence-corrected chi connectivity index (χ4v) is 4.03. The van der Waals surface area contributed by atoms with E-state index in [1.165, 1.54) is 16.7 Å². The lowest BCUT2D eigenvalue weighted by Crippen LogP contribution is -2.35. The zero-order valence-electron chi connectivity index (χ0n) is 14.5. The summed E-state index contributed by atoms with van der Waals surface area (Å²) in [7, 11) is 0. The van der Waals surface area contributed by atoms with Crippen molar-refractivity contribution in [1.82, 2.24) is 14.9 Å². The molecule has 1 aromatic carbocycles. The van der Waals surface area contributed by atoms with Crippen molar-refractivity contribution in [3.05, 3.63) is 74.0 Å². The molecule has 128 valence electrons. The van der Waals surface area contributed by atoms with Crippen LogP contribution in [0.2, 0.25) is 0 Å². The molecule has 0 aliphatic carbocycles. The molecule has 0 radical (unpaired) electrons. The molecular formula is C20H21N3OS. The van der Waals surface area contributed by atoms with Crippen LogP contribution in [0.5, 0.6) is 0 Å². The molecule has 3 aromatic rings. The third kappa shape index (κ3) is 3.30. The highest BCUT2D eigenvalue weighted by molar-refractivity contribution is 7.13. The Labute approximate surface area is 151 Å². The molecule has 3 heterocycles. The van der Waals surface area contributed by atoms with E-state index in [2.05, 4.69) is 41.9 Å². The standard InChI is InChI=1S/C20H21N3OS/c1-13-5-6-14(2)15(10-13)11-23-8-7-17-16(12-23)20(24)22-19(21-17)18-4-3-9-25-18/h3-6,9-10H,7-8,11-12H2,1-2H3,(H,21,22,24). The number of aromatic nitrogens is 2. The van der Waals surface area contributed by atoms with Gasteiger partial charge in [-0.15, -0.1) is 11.3 Å². The van der Waals surface area contributed by atoms with Gasteiger partial charge in [0, 0.05) is 26.1 Å². The summed E-state index contributed by atoms with van der Waals surface area (Å²) >= 11 is 1.60. The van der Waals surface area contributed by atoms with E-state index in [-0.39, 0.29) is 5.56 Å². The van der Waals surface area contributed by atoms with Gasteiger partial charge in [0.15, 0.2) is 5.82 Å². The van der Waals surface area contributed by atoms with Crippen molar-refractivity contribution in [2.75, 3.05) is 6.54 Å². The van der Waals surface area contributed by atoms with Gasteiger partial charge in [-0.3, -0.25) is 9.69 Å². The highest BCUT2D eigenvalue weighted by Crippen LogP contribution is 2.23. The first-order valence-corrected chi connectivity index (χ1v) is 9.42. The highest BCUT2D eigenvalue weighted by Gasteiger charge is 2.22. The zero-order chi connectivity index (χ0) is 17.4. The van der Waals surface area contributed by atoms with Crippen molar-refractivity contribution >= 4 is 11.3 Å². The summed E-state index contributed by atoms with van der Waals surface area (Å²) in [4.78, 5) is 23.6. The van der Waals surface area contributed by atoms with Gasteiger partial charge in [0.2, 0.25) is 0 Å². The second-order valence-corrected chi connectivity index (χ2v) is 7.66. The van der Waals surface area contributed by atoms with Gasteiger partial charge in [0.25, 0.3) is 5.56 Å². The van der Waals surface area contributed by atoms with Crippen LogP contribution in [0.3, 0.4) is 0 Å². The van der Waals surface area contributed by atoms with Gasteiger partial charge in [-0.1, -0.05) is 29.8 Å². The number of nitrogens with one attached hydrogen (secondary N) is 1. The average molecular weight is 351 g/mol. The number of nitrogens with zero attached hydrogens (tertiary/aromatic N) is 2. The van der Waals surface area contributed by atoms with Gasteiger partial charge in [-0.25, -0.2) is 4.98 Å². The Morgan fingerprint density at radius 1 is 1.28 bits per heavy atom. The Morgan fingerprint density at radius 2 is 2.16 bits per heavy atom. The Bertz CT molecular complexity index is 960. The lowest BCUT2D eigenvalue weighted by Gasteiger charge is -2.28. The van der Waals surface area contributed by atoms with Gasteiger partial charge in [0.1, 0.15) is 0 Å². The molecule has 1 aliphatic rings. The summed E-state index contributed by atoms with van der Waals surface area (Å²) in [5, 5.41) is 2.00. The first-order valence-electron chi connectivity index (χ1n) is 8.54. The fraction of sp³-hybridized carbons (Fsp3) is 0.300. The number of rotatable bonds is 3. The van der Waals surface area contributed by atoms with E-state index in [1.54, 1.807) is 11.3 Å². The SMILES string of the molecule is Cc1ccc(C)c(CN2CCc3nc(-c4cccs4)[nH]c(=O)c3C2)c1. The molecule has 1 aliphatic heterocycles. The number of fused-ring (bicyclic) bond motifs is 1. The molecule has 0 fully saturated rings. The lowest BCUT2D eigenvalue weighted by molar-refractivity contribution is 0.241. The quantitative estimate of drug-likeness (QED) is 0.783. The normalized spacial score (nSPS) is 14.5. The molecule has 0 amide bonds. The van der Waals surface area contributed by atoms with E-state index >= 15 is 0 Å². The predicted octanol–water partition coefficient (Wildman–Crippen LogP) is 3.67. The van der Waals surface area contributed by atoms with Gasteiger partial charge in [0.05, 0.1) is 16.1 Å². The van der Waals surface area contributed by atoms with Crippen LogP contribution in [0, 0.1) is 13.8 Å². The molecule has 2 aromatic heterocycles. The second kappa shape index (κ2) is 6.58. The van der Waals surface area contributed by atoms with Crippen molar-refractivity contribution in [2.24, 2.45) is 0 Å². The Morgan fingerprint density at radius 3 is 2.96 bits per heavy atom. The molecule has 5 heteroatoms. The topological polar surface area (TPSA) is 49.0 Å². The summed E-state index contributed by atoms with van der Waals surface area (Å²) in [5.74, 6) is 0.696. The predicted molar refractivity (Wildman–Crippen MR) is 102 cm³/mol. The molecule has 4 nitrogen and oxygen atoms in total. The molecule has 1 N–H and O–H groups in total. The molecule has 0 spiro atoms. The average Bonchev–Trinajstić information content (AvgIpc) is 3.13. The summed E-state index contributed by atoms with van der Waals surface area (Å²) in [6.45, 7) is 6.74. The third-order valence-corrected chi connectivity index (χ3v) is 5.68. The van der Waals surface area contributed by atoms with E-state index < -0.39 is 0 Å². The number of H-pyrrole nitrogens is 1. The number of aromatic amines is 1. The minimum absolute atomic E-state index is 0.000867. The van der Waals surface area contributed by atoms with Crippen molar-refractivity contribution < 1.29 is 0 Å². The molecule has 0 saturated carbocycles. The van der Waals surface area contributed by atoms with Crippen molar-refractivity contribution in [2.45, 2.75) is 33.4 Å². The van der Waals surface area contributed by atoms with E-state index in [0.29, 0.717) is 12.4 Å². The van der Waals surface area contributed by atoms with Crippen LogP contribution < -0.4 is 5.56 Å². The Hall–Kier alpha value is -2.24. The number of hydrogen-bond donors (Lipinski definition) is 1. The van der Waals surface area contributed by atoms with Crippen LogP contribution in [0.25, 0.3) is 10.7 Å². The van der Waals surface area contributed by atoms with Crippen LogP contribution >= 0.6 is 11.3 Å². The minimum Gasteiger partial charge on any atom is -0.306 e. The van der Waals surface area contributed by atoms with E-state index in [1.807, 2.05) is 17.5 Å².